The van der Waals surface area contributed by atoms with Crippen LogP contribution in [0.4, 0.5) is 5.69 Å². The normalized spacial score (nSPS) is 23.5. The van der Waals surface area contributed by atoms with E-state index in [1.54, 1.807) is 17.0 Å². The lowest BCUT2D eigenvalue weighted by atomic mass is 10.1. The van der Waals surface area contributed by atoms with Crippen LogP contribution in [-0.4, -0.2) is 49.4 Å². The highest BCUT2D eigenvalue weighted by atomic mass is 35.5. The first-order valence-corrected chi connectivity index (χ1v) is 8.49. The number of likely N-dealkylation sites (N-methyl/N-ethyl adjacent to an activating group) is 1. The van der Waals surface area contributed by atoms with E-state index in [-0.39, 0.29) is 36.2 Å². The monoisotopic (exact) mass is 371 g/mol. The second kappa shape index (κ2) is 8.19. The van der Waals surface area contributed by atoms with Crippen LogP contribution in [0.3, 0.4) is 0 Å². The van der Waals surface area contributed by atoms with Crippen LogP contribution in [0.2, 0.25) is 5.02 Å². The molecule has 1 aromatic carbocycles. The summed E-state index contributed by atoms with van der Waals surface area (Å²) in [5.74, 6) is -0.113. The number of amides is 2. The van der Waals surface area contributed by atoms with E-state index < -0.39 is 0 Å². The number of halogens is 2. The van der Waals surface area contributed by atoms with Gasteiger partial charge in [0.05, 0.1) is 5.92 Å². The topological polar surface area (TPSA) is 52.7 Å². The van der Waals surface area contributed by atoms with E-state index in [9.17, 15) is 9.59 Å². The van der Waals surface area contributed by atoms with Crippen molar-refractivity contribution in [1.82, 2.24) is 10.2 Å². The molecule has 132 valence electrons. The van der Waals surface area contributed by atoms with Gasteiger partial charge in [-0.1, -0.05) is 11.6 Å². The standard InChI is InChI=1S/C17H22ClN3O2.ClH/c1-19-10-15-3-2-8-20(15)17(23)12-9-16(22)21(11-12)14-6-4-13(18)5-7-14;/h4-7,12,15,19H,2-3,8-11H2,1H3;1H. The maximum atomic E-state index is 12.8. The summed E-state index contributed by atoms with van der Waals surface area (Å²) in [6.07, 6.45) is 2.37. The van der Waals surface area contributed by atoms with Gasteiger partial charge in [-0.2, -0.15) is 0 Å². The van der Waals surface area contributed by atoms with E-state index in [0.717, 1.165) is 31.6 Å². The SMILES string of the molecule is CNCC1CCCN1C(=O)C1CC(=O)N(c2ccc(Cl)cc2)C1.Cl. The Labute approximate surface area is 153 Å². The third kappa shape index (κ3) is 3.85. The Hall–Kier alpha value is -1.30. The number of benzene rings is 1. The van der Waals surface area contributed by atoms with Gasteiger partial charge in [0.15, 0.2) is 0 Å². The molecule has 2 unspecified atom stereocenters. The summed E-state index contributed by atoms with van der Waals surface area (Å²) in [4.78, 5) is 28.8. The Kier molecular flexibility index (Phi) is 6.49. The number of anilines is 1. The fourth-order valence-corrected chi connectivity index (χ4v) is 3.68. The summed E-state index contributed by atoms with van der Waals surface area (Å²) in [7, 11) is 1.91. The molecule has 0 bridgehead atoms. The Bertz CT molecular complexity index is 594. The Morgan fingerprint density at radius 3 is 2.71 bits per heavy atom. The van der Waals surface area contributed by atoms with Crippen molar-refractivity contribution in [2.75, 3.05) is 31.6 Å². The minimum atomic E-state index is -0.240. The average Bonchev–Trinajstić information content (AvgIpc) is 3.15. The number of carbonyl (C=O) groups is 2. The molecule has 2 heterocycles. The van der Waals surface area contributed by atoms with Crippen molar-refractivity contribution in [1.29, 1.82) is 0 Å². The molecule has 2 aliphatic heterocycles. The summed E-state index contributed by atoms with van der Waals surface area (Å²) in [6, 6.07) is 7.44. The molecule has 7 heteroatoms. The minimum absolute atomic E-state index is 0. The molecule has 2 amide bonds. The van der Waals surface area contributed by atoms with Crippen molar-refractivity contribution < 1.29 is 9.59 Å². The molecule has 0 spiro atoms. The number of hydrogen-bond acceptors (Lipinski definition) is 3. The van der Waals surface area contributed by atoms with Crippen molar-refractivity contribution in [3.05, 3.63) is 29.3 Å². The number of carbonyl (C=O) groups excluding carboxylic acids is 2. The quantitative estimate of drug-likeness (QED) is 0.883. The summed E-state index contributed by atoms with van der Waals surface area (Å²) in [5, 5.41) is 3.79. The third-order valence-corrected chi connectivity index (χ3v) is 4.96. The highest BCUT2D eigenvalue weighted by Crippen LogP contribution is 2.29. The maximum absolute atomic E-state index is 12.8. The zero-order valence-corrected chi connectivity index (χ0v) is 15.3. The fraction of sp³-hybridized carbons (Fsp3) is 0.529. The second-order valence-electron chi connectivity index (χ2n) is 6.27. The van der Waals surface area contributed by atoms with Gasteiger partial charge in [0.1, 0.15) is 0 Å². The van der Waals surface area contributed by atoms with Gasteiger partial charge < -0.3 is 15.1 Å². The summed E-state index contributed by atoms with van der Waals surface area (Å²) >= 11 is 5.90. The smallest absolute Gasteiger partial charge is 0.228 e. The van der Waals surface area contributed by atoms with Crippen LogP contribution in [0.5, 0.6) is 0 Å². The number of nitrogens with one attached hydrogen (secondary N) is 1. The minimum Gasteiger partial charge on any atom is -0.338 e. The van der Waals surface area contributed by atoms with E-state index in [1.807, 2.05) is 24.1 Å². The van der Waals surface area contributed by atoms with Crippen LogP contribution >= 0.6 is 24.0 Å². The number of likely N-dealkylation sites (tertiary alicyclic amines) is 1. The molecule has 3 rings (SSSR count). The van der Waals surface area contributed by atoms with Crippen LogP contribution in [0.25, 0.3) is 0 Å². The number of hydrogen-bond donors (Lipinski definition) is 1. The highest BCUT2D eigenvalue weighted by Gasteiger charge is 2.39. The molecule has 0 saturated carbocycles. The van der Waals surface area contributed by atoms with Gasteiger partial charge in [0.2, 0.25) is 11.8 Å². The van der Waals surface area contributed by atoms with Crippen LogP contribution in [0.1, 0.15) is 19.3 Å². The van der Waals surface area contributed by atoms with Gasteiger partial charge in [-0.25, -0.2) is 0 Å². The van der Waals surface area contributed by atoms with Crippen LogP contribution in [0, 0.1) is 5.92 Å². The second-order valence-corrected chi connectivity index (χ2v) is 6.70. The highest BCUT2D eigenvalue weighted by molar-refractivity contribution is 6.30. The van der Waals surface area contributed by atoms with Crippen molar-refractivity contribution in [2.24, 2.45) is 5.92 Å². The fourth-order valence-electron chi connectivity index (χ4n) is 3.55. The predicted octanol–water partition coefficient (Wildman–Crippen LogP) is 2.33. The molecule has 1 aromatic rings. The molecule has 24 heavy (non-hydrogen) atoms. The van der Waals surface area contributed by atoms with Crippen molar-refractivity contribution >= 4 is 41.5 Å². The molecule has 2 saturated heterocycles. The van der Waals surface area contributed by atoms with E-state index >= 15 is 0 Å². The predicted molar refractivity (Wildman–Crippen MR) is 97.8 cm³/mol. The molecule has 1 N–H and O–H groups in total. The lowest BCUT2D eigenvalue weighted by Crippen LogP contribution is -2.44. The first kappa shape index (κ1) is 19.0. The summed E-state index contributed by atoms with van der Waals surface area (Å²) in [5.41, 5.74) is 0.808. The number of rotatable bonds is 4. The summed E-state index contributed by atoms with van der Waals surface area (Å²) < 4.78 is 0. The van der Waals surface area contributed by atoms with E-state index in [0.29, 0.717) is 18.0 Å². The van der Waals surface area contributed by atoms with Crippen molar-refractivity contribution in [3.63, 3.8) is 0 Å². The van der Waals surface area contributed by atoms with Crippen LogP contribution < -0.4 is 10.2 Å². The zero-order chi connectivity index (χ0) is 16.4. The van der Waals surface area contributed by atoms with Gasteiger partial charge in [-0.05, 0) is 44.2 Å². The van der Waals surface area contributed by atoms with Crippen molar-refractivity contribution in [3.8, 4) is 0 Å². The first-order valence-electron chi connectivity index (χ1n) is 8.11. The lowest BCUT2D eigenvalue weighted by Gasteiger charge is -2.27. The lowest BCUT2D eigenvalue weighted by molar-refractivity contribution is -0.136. The molecular weight excluding hydrogens is 349 g/mol. The zero-order valence-electron chi connectivity index (χ0n) is 13.7. The van der Waals surface area contributed by atoms with Crippen molar-refractivity contribution in [2.45, 2.75) is 25.3 Å². The van der Waals surface area contributed by atoms with Gasteiger partial charge >= 0.3 is 0 Å². The molecule has 0 aliphatic carbocycles. The van der Waals surface area contributed by atoms with Crippen LogP contribution in [-0.2, 0) is 9.59 Å². The van der Waals surface area contributed by atoms with Crippen LogP contribution in [0.15, 0.2) is 24.3 Å². The van der Waals surface area contributed by atoms with E-state index in [1.165, 1.54) is 0 Å². The van der Waals surface area contributed by atoms with Gasteiger partial charge in [-0.15, -0.1) is 12.4 Å². The van der Waals surface area contributed by atoms with E-state index in [2.05, 4.69) is 5.32 Å². The molecule has 2 fully saturated rings. The maximum Gasteiger partial charge on any atom is 0.228 e. The van der Waals surface area contributed by atoms with Gasteiger partial charge in [-0.3, -0.25) is 9.59 Å². The molecule has 2 aliphatic rings. The summed E-state index contributed by atoms with van der Waals surface area (Å²) in [6.45, 7) is 2.08. The third-order valence-electron chi connectivity index (χ3n) is 4.71. The Morgan fingerprint density at radius 1 is 1.33 bits per heavy atom. The first-order chi connectivity index (χ1) is 11.1. The molecule has 5 nitrogen and oxygen atoms in total. The average molecular weight is 372 g/mol. The molecule has 2 atom stereocenters. The Morgan fingerprint density at radius 2 is 2.04 bits per heavy atom. The largest absolute Gasteiger partial charge is 0.338 e. The molecular formula is C17H23Cl2N3O2. The number of nitrogens with zero attached hydrogens (tertiary/aromatic N) is 2. The van der Waals surface area contributed by atoms with Gasteiger partial charge in [0, 0.05) is 42.8 Å². The Balaban J connectivity index is 0.00000208. The molecule has 0 radical (unpaired) electrons. The molecule has 0 aromatic heterocycles. The van der Waals surface area contributed by atoms with E-state index in [4.69, 9.17) is 11.6 Å². The van der Waals surface area contributed by atoms with Gasteiger partial charge in [0.25, 0.3) is 0 Å².